The molecule has 1 atom stereocenters. The Balaban J connectivity index is 0.00000529. The fraction of sp³-hybridized carbons (Fsp3) is 0.562. The molecule has 0 spiro atoms. The zero-order chi connectivity index (χ0) is 17.5. The van der Waals surface area contributed by atoms with Crippen LogP contribution in [0.4, 0.5) is 24.5 Å². The lowest BCUT2D eigenvalue weighted by atomic mass is 10.1. The number of unbranched alkanes of at least 4 members (excludes halogenated alkanes) is 1. The fourth-order valence-electron chi connectivity index (χ4n) is 2.03. The molecule has 0 aliphatic rings. The number of alkyl halides is 3. The van der Waals surface area contributed by atoms with E-state index in [-0.39, 0.29) is 29.9 Å². The van der Waals surface area contributed by atoms with Crippen molar-refractivity contribution in [3.05, 3.63) is 23.8 Å². The Bertz CT molecular complexity index is 524. The second-order valence-corrected chi connectivity index (χ2v) is 5.49. The Morgan fingerprint density at radius 1 is 1.25 bits per heavy atom. The van der Waals surface area contributed by atoms with Crippen molar-refractivity contribution in [2.75, 3.05) is 30.8 Å². The van der Waals surface area contributed by atoms with E-state index in [1.54, 1.807) is 14.0 Å². The maximum atomic E-state index is 12.9. The summed E-state index contributed by atoms with van der Waals surface area (Å²) < 4.78 is 38.6. The van der Waals surface area contributed by atoms with Gasteiger partial charge in [-0.15, -0.1) is 12.4 Å². The summed E-state index contributed by atoms with van der Waals surface area (Å²) in [5.74, 6) is -0.671. The Morgan fingerprint density at radius 3 is 2.46 bits per heavy atom. The summed E-state index contributed by atoms with van der Waals surface area (Å²) in [7, 11) is 1.71. The molecule has 138 valence electrons. The van der Waals surface area contributed by atoms with Gasteiger partial charge in [0, 0.05) is 19.0 Å². The molecule has 1 rings (SSSR count). The molecule has 0 radical (unpaired) electrons. The van der Waals surface area contributed by atoms with Crippen molar-refractivity contribution < 1.29 is 18.0 Å². The molecule has 4 nitrogen and oxygen atoms in total. The lowest BCUT2D eigenvalue weighted by Crippen LogP contribution is -2.29. The maximum Gasteiger partial charge on any atom is 0.416 e. The molecule has 0 aliphatic carbocycles. The van der Waals surface area contributed by atoms with E-state index in [2.05, 4.69) is 16.0 Å². The minimum atomic E-state index is -4.45. The number of carbonyl (C=O) groups is 1. The minimum Gasteiger partial charge on any atom is -0.383 e. The predicted molar refractivity (Wildman–Crippen MR) is 93.8 cm³/mol. The Hall–Kier alpha value is -1.47. The van der Waals surface area contributed by atoms with Gasteiger partial charge in [-0.1, -0.05) is 20.3 Å². The average Bonchev–Trinajstić information content (AvgIpc) is 2.48. The molecular formula is C16H25ClF3N3O. The molecule has 1 unspecified atom stereocenters. The van der Waals surface area contributed by atoms with Crippen molar-refractivity contribution in [1.29, 1.82) is 0 Å². The van der Waals surface area contributed by atoms with Crippen molar-refractivity contribution >= 4 is 29.7 Å². The Kier molecular flexibility index (Phi) is 9.77. The number of halogens is 4. The number of hydrogen-bond acceptors (Lipinski definition) is 3. The highest BCUT2D eigenvalue weighted by atomic mass is 35.5. The fourth-order valence-corrected chi connectivity index (χ4v) is 2.03. The highest BCUT2D eigenvalue weighted by Crippen LogP contribution is 2.34. The molecule has 0 saturated heterocycles. The number of amides is 1. The number of anilines is 2. The van der Waals surface area contributed by atoms with Gasteiger partial charge in [0.2, 0.25) is 5.91 Å². The number of benzene rings is 1. The zero-order valence-electron chi connectivity index (χ0n) is 14.1. The summed E-state index contributed by atoms with van der Waals surface area (Å²) in [6.07, 6.45) is -2.59. The summed E-state index contributed by atoms with van der Waals surface area (Å²) in [5.41, 5.74) is -0.129. The van der Waals surface area contributed by atoms with Crippen LogP contribution in [-0.4, -0.2) is 26.0 Å². The van der Waals surface area contributed by atoms with Crippen molar-refractivity contribution in [3.63, 3.8) is 0 Å². The molecule has 8 heteroatoms. The van der Waals surface area contributed by atoms with E-state index >= 15 is 0 Å². The summed E-state index contributed by atoms with van der Waals surface area (Å²) in [4.78, 5) is 12.1. The van der Waals surface area contributed by atoms with Crippen LogP contribution in [0.15, 0.2) is 18.2 Å². The van der Waals surface area contributed by atoms with Crippen LogP contribution in [0.3, 0.4) is 0 Å². The molecular weight excluding hydrogens is 343 g/mol. The van der Waals surface area contributed by atoms with Crippen LogP contribution in [0.2, 0.25) is 0 Å². The van der Waals surface area contributed by atoms with Gasteiger partial charge in [0.15, 0.2) is 0 Å². The van der Waals surface area contributed by atoms with Gasteiger partial charge in [0.1, 0.15) is 0 Å². The predicted octanol–water partition coefficient (Wildman–Crippen LogP) is 4.13. The molecule has 3 N–H and O–H groups in total. The van der Waals surface area contributed by atoms with E-state index in [0.717, 1.165) is 25.0 Å². The normalized spacial score (nSPS) is 12.2. The lowest BCUT2D eigenvalue weighted by molar-refractivity contribution is -0.137. The van der Waals surface area contributed by atoms with Crippen molar-refractivity contribution in [1.82, 2.24) is 5.32 Å². The van der Waals surface area contributed by atoms with Crippen molar-refractivity contribution in [2.24, 2.45) is 5.92 Å². The minimum absolute atomic E-state index is 0. The van der Waals surface area contributed by atoms with Crippen LogP contribution < -0.4 is 16.0 Å². The third-order valence-corrected chi connectivity index (χ3v) is 3.41. The molecule has 0 fully saturated rings. The number of hydrogen-bond donors (Lipinski definition) is 3. The highest BCUT2D eigenvalue weighted by molar-refractivity contribution is 5.95. The van der Waals surface area contributed by atoms with Crippen LogP contribution in [0.25, 0.3) is 0 Å². The number of carbonyl (C=O) groups excluding carboxylic acids is 1. The summed E-state index contributed by atoms with van der Waals surface area (Å²) in [5, 5.41) is 8.53. The summed E-state index contributed by atoms with van der Waals surface area (Å²) in [6, 6.07) is 3.34. The molecule has 24 heavy (non-hydrogen) atoms. The van der Waals surface area contributed by atoms with E-state index < -0.39 is 11.7 Å². The van der Waals surface area contributed by atoms with Crippen LogP contribution in [-0.2, 0) is 11.0 Å². The van der Waals surface area contributed by atoms with Crippen LogP contribution in [0.5, 0.6) is 0 Å². The van der Waals surface area contributed by atoms with Crippen molar-refractivity contribution in [2.45, 2.75) is 32.9 Å². The van der Waals surface area contributed by atoms with E-state index in [1.165, 1.54) is 6.07 Å². The van der Waals surface area contributed by atoms with Gasteiger partial charge in [-0.05, 0) is 31.7 Å². The molecule has 0 aromatic heterocycles. The maximum absolute atomic E-state index is 12.9. The van der Waals surface area contributed by atoms with Gasteiger partial charge in [-0.25, -0.2) is 0 Å². The first-order chi connectivity index (χ1) is 10.8. The molecule has 0 heterocycles. The molecule has 1 aromatic carbocycles. The molecule has 1 amide bonds. The van der Waals surface area contributed by atoms with E-state index in [4.69, 9.17) is 0 Å². The first-order valence-electron chi connectivity index (χ1n) is 7.70. The van der Waals surface area contributed by atoms with Crippen LogP contribution in [0, 0.1) is 5.92 Å². The summed E-state index contributed by atoms with van der Waals surface area (Å²) in [6.45, 7) is 4.82. The Labute approximate surface area is 147 Å². The van der Waals surface area contributed by atoms with E-state index in [1.807, 2.05) is 6.92 Å². The zero-order valence-corrected chi connectivity index (χ0v) is 14.9. The quantitative estimate of drug-likeness (QED) is 0.605. The monoisotopic (exact) mass is 367 g/mol. The molecule has 0 bridgehead atoms. The Morgan fingerprint density at radius 2 is 1.92 bits per heavy atom. The average molecular weight is 368 g/mol. The van der Waals surface area contributed by atoms with Crippen LogP contribution in [0.1, 0.15) is 32.3 Å². The van der Waals surface area contributed by atoms with Crippen molar-refractivity contribution in [3.8, 4) is 0 Å². The SMILES string of the molecule is CCCCNc1ccc(C(F)(F)F)cc1NC(=O)C(C)CNC.Cl. The van der Waals surface area contributed by atoms with E-state index in [9.17, 15) is 18.0 Å². The third-order valence-electron chi connectivity index (χ3n) is 3.41. The van der Waals surface area contributed by atoms with Gasteiger partial charge < -0.3 is 16.0 Å². The number of nitrogens with one attached hydrogen (secondary N) is 3. The van der Waals surface area contributed by atoms with Crippen LogP contribution >= 0.6 is 12.4 Å². The largest absolute Gasteiger partial charge is 0.416 e. The molecule has 0 saturated carbocycles. The smallest absolute Gasteiger partial charge is 0.383 e. The molecule has 0 aliphatic heterocycles. The second-order valence-electron chi connectivity index (χ2n) is 5.49. The molecule has 1 aromatic rings. The van der Waals surface area contributed by atoms with Gasteiger partial charge in [-0.2, -0.15) is 13.2 Å². The standard InChI is InChI=1S/C16H24F3N3O.ClH/c1-4-5-8-21-13-7-6-12(16(17,18)19)9-14(13)22-15(23)11(2)10-20-3;/h6-7,9,11,20-21H,4-5,8,10H2,1-3H3,(H,22,23);1H. The van der Waals surface area contributed by atoms with Gasteiger partial charge in [0.25, 0.3) is 0 Å². The summed E-state index contributed by atoms with van der Waals surface area (Å²) >= 11 is 0. The van der Waals surface area contributed by atoms with Gasteiger partial charge in [-0.3, -0.25) is 4.79 Å². The van der Waals surface area contributed by atoms with Gasteiger partial charge >= 0.3 is 6.18 Å². The highest BCUT2D eigenvalue weighted by Gasteiger charge is 2.31. The number of rotatable bonds is 8. The first kappa shape index (κ1) is 22.5. The topological polar surface area (TPSA) is 53.2 Å². The van der Waals surface area contributed by atoms with E-state index in [0.29, 0.717) is 18.8 Å². The third kappa shape index (κ3) is 6.97. The second kappa shape index (κ2) is 10.4. The lowest BCUT2D eigenvalue weighted by Gasteiger charge is -2.18. The first-order valence-corrected chi connectivity index (χ1v) is 7.70. The van der Waals surface area contributed by atoms with Gasteiger partial charge in [0.05, 0.1) is 16.9 Å².